The van der Waals surface area contributed by atoms with Gasteiger partial charge in [0, 0.05) is 22.5 Å². The summed E-state index contributed by atoms with van der Waals surface area (Å²) in [7, 11) is 0. The number of aromatic nitrogens is 2. The van der Waals surface area contributed by atoms with Crippen LogP contribution in [0.3, 0.4) is 0 Å². The Morgan fingerprint density at radius 2 is 1.83 bits per heavy atom. The van der Waals surface area contributed by atoms with E-state index >= 15 is 0 Å². The van der Waals surface area contributed by atoms with E-state index in [0.717, 1.165) is 23.4 Å². The van der Waals surface area contributed by atoms with Gasteiger partial charge < -0.3 is 5.32 Å². The lowest BCUT2D eigenvalue weighted by molar-refractivity contribution is -0.136. The summed E-state index contributed by atoms with van der Waals surface area (Å²) in [6, 6.07) is 5.16. The molecule has 1 heterocycles. The van der Waals surface area contributed by atoms with Crippen molar-refractivity contribution in [2.45, 2.75) is 25.2 Å². The van der Waals surface area contributed by atoms with E-state index in [-0.39, 0.29) is 0 Å². The molecule has 1 fully saturated rings. The number of anilines is 1. The molecule has 1 aromatic heterocycles. The summed E-state index contributed by atoms with van der Waals surface area (Å²) < 4.78 is 0. The number of halogens is 2. The molecule has 0 saturated heterocycles. The minimum atomic E-state index is -0.752. The van der Waals surface area contributed by atoms with Gasteiger partial charge in [0.05, 0.1) is 0 Å². The number of benzene rings is 1. The lowest BCUT2D eigenvalue weighted by Crippen LogP contribution is -2.36. The van der Waals surface area contributed by atoms with E-state index in [0.29, 0.717) is 34.1 Å². The number of hydrogen-bond donors (Lipinski definition) is 2. The van der Waals surface area contributed by atoms with Crippen LogP contribution in [0.2, 0.25) is 10.0 Å². The average Bonchev–Trinajstić information content (AvgIpc) is 3.26. The summed E-state index contributed by atoms with van der Waals surface area (Å²) in [5.74, 6) is -1.00. The predicted octanol–water partition coefficient (Wildman–Crippen LogP) is 3.02. The highest BCUT2D eigenvalue weighted by Gasteiger charge is 2.28. The second-order valence-electron chi connectivity index (χ2n) is 5.46. The molecule has 9 heteroatoms. The first-order chi connectivity index (χ1) is 11.5. The molecule has 0 radical (unpaired) electrons. The van der Waals surface area contributed by atoms with Crippen molar-refractivity contribution in [1.29, 1.82) is 0 Å². The standard InChI is InChI=1S/C15H14Cl2N4O2S/c16-10-5-8(6-11(17)7-10)3-4-18-12(22)13(23)19-15-21-20-14(24-15)9-1-2-9/h5-7,9H,1-4H2,(H,18,22)(H,19,21,23). The number of rotatable bonds is 5. The Labute approximate surface area is 152 Å². The molecule has 2 aromatic rings. The molecule has 0 aliphatic heterocycles. The van der Waals surface area contributed by atoms with E-state index in [2.05, 4.69) is 20.8 Å². The monoisotopic (exact) mass is 384 g/mol. The molecule has 1 aliphatic rings. The Hall–Kier alpha value is -1.70. The van der Waals surface area contributed by atoms with Crippen LogP contribution in [0.5, 0.6) is 0 Å². The van der Waals surface area contributed by atoms with Gasteiger partial charge in [0.15, 0.2) is 0 Å². The minimum Gasteiger partial charge on any atom is -0.347 e. The lowest BCUT2D eigenvalue weighted by Gasteiger charge is -2.06. The number of carbonyl (C=O) groups is 2. The molecule has 0 unspecified atom stereocenters. The van der Waals surface area contributed by atoms with Crippen LogP contribution < -0.4 is 10.6 Å². The fourth-order valence-electron chi connectivity index (χ4n) is 2.09. The highest BCUT2D eigenvalue weighted by Crippen LogP contribution is 2.41. The molecule has 2 amide bonds. The van der Waals surface area contributed by atoms with Crippen LogP contribution in [0.25, 0.3) is 0 Å². The van der Waals surface area contributed by atoms with Gasteiger partial charge >= 0.3 is 11.8 Å². The third kappa shape index (κ3) is 4.66. The van der Waals surface area contributed by atoms with Crippen LogP contribution in [-0.2, 0) is 16.0 Å². The highest BCUT2D eigenvalue weighted by molar-refractivity contribution is 7.15. The Bertz CT molecular complexity index is 756. The SMILES string of the molecule is O=C(NCCc1cc(Cl)cc(Cl)c1)C(=O)Nc1nnc(C2CC2)s1. The molecule has 24 heavy (non-hydrogen) atoms. The van der Waals surface area contributed by atoms with Gasteiger partial charge in [-0.15, -0.1) is 10.2 Å². The first-order valence-electron chi connectivity index (χ1n) is 7.39. The molecule has 1 aliphatic carbocycles. The summed E-state index contributed by atoms with van der Waals surface area (Å²) >= 11 is 13.1. The van der Waals surface area contributed by atoms with Crippen molar-refractivity contribution in [3.63, 3.8) is 0 Å². The first-order valence-corrected chi connectivity index (χ1v) is 8.96. The molecule has 6 nitrogen and oxygen atoms in total. The Morgan fingerprint density at radius 1 is 1.12 bits per heavy atom. The van der Waals surface area contributed by atoms with Crippen molar-refractivity contribution < 1.29 is 9.59 Å². The second kappa shape index (κ2) is 7.46. The zero-order valence-corrected chi connectivity index (χ0v) is 14.8. The molecule has 1 aromatic carbocycles. The molecule has 2 N–H and O–H groups in total. The van der Waals surface area contributed by atoms with Crippen LogP contribution in [0.4, 0.5) is 5.13 Å². The van der Waals surface area contributed by atoms with Crippen LogP contribution in [0.15, 0.2) is 18.2 Å². The number of carbonyl (C=O) groups excluding carboxylic acids is 2. The topological polar surface area (TPSA) is 84.0 Å². The van der Waals surface area contributed by atoms with Gasteiger partial charge in [-0.1, -0.05) is 34.5 Å². The van der Waals surface area contributed by atoms with E-state index in [1.165, 1.54) is 11.3 Å². The van der Waals surface area contributed by atoms with E-state index in [4.69, 9.17) is 23.2 Å². The molecule has 0 bridgehead atoms. The molecule has 1 saturated carbocycles. The smallest absolute Gasteiger partial charge is 0.315 e. The number of nitrogens with one attached hydrogen (secondary N) is 2. The zero-order chi connectivity index (χ0) is 17.1. The Balaban J connectivity index is 1.46. The average molecular weight is 385 g/mol. The molecule has 126 valence electrons. The van der Waals surface area contributed by atoms with Crippen LogP contribution >= 0.6 is 34.5 Å². The van der Waals surface area contributed by atoms with E-state index < -0.39 is 11.8 Å². The third-order valence-corrected chi connectivity index (χ3v) is 4.85. The van der Waals surface area contributed by atoms with Gasteiger partial charge in [0.2, 0.25) is 5.13 Å². The molecule has 0 spiro atoms. The summed E-state index contributed by atoms with van der Waals surface area (Å²) in [6.07, 6.45) is 2.73. The maximum absolute atomic E-state index is 11.8. The molecular weight excluding hydrogens is 371 g/mol. The van der Waals surface area contributed by atoms with Gasteiger partial charge in [-0.25, -0.2) is 0 Å². The van der Waals surface area contributed by atoms with Crippen molar-refractivity contribution in [1.82, 2.24) is 15.5 Å². The summed E-state index contributed by atoms with van der Waals surface area (Å²) in [4.78, 5) is 23.6. The van der Waals surface area contributed by atoms with Gasteiger partial charge in [-0.2, -0.15) is 0 Å². The number of nitrogens with zero attached hydrogens (tertiary/aromatic N) is 2. The van der Waals surface area contributed by atoms with Crippen molar-refractivity contribution in [3.8, 4) is 0 Å². The van der Waals surface area contributed by atoms with Gasteiger partial charge in [0.25, 0.3) is 0 Å². The summed E-state index contributed by atoms with van der Waals surface area (Å²) in [5, 5.41) is 15.2. The maximum Gasteiger partial charge on any atom is 0.315 e. The van der Waals surface area contributed by atoms with Crippen LogP contribution in [0.1, 0.15) is 29.3 Å². The predicted molar refractivity (Wildman–Crippen MR) is 93.7 cm³/mol. The molecular formula is C15H14Cl2N4O2S. The largest absolute Gasteiger partial charge is 0.347 e. The van der Waals surface area contributed by atoms with Crippen molar-refractivity contribution in [3.05, 3.63) is 38.8 Å². The van der Waals surface area contributed by atoms with Crippen LogP contribution in [-0.4, -0.2) is 28.6 Å². The Kier molecular flexibility index (Phi) is 5.33. The quantitative estimate of drug-likeness (QED) is 0.775. The second-order valence-corrected chi connectivity index (χ2v) is 7.34. The lowest BCUT2D eigenvalue weighted by atomic mass is 10.1. The summed E-state index contributed by atoms with van der Waals surface area (Å²) in [5.41, 5.74) is 0.881. The minimum absolute atomic E-state index is 0.298. The summed E-state index contributed by atoms with van der Waals surface area (Å²) in [6.45, 7) is 0.298. The Morgan fingerprint density at radius 3 is 2.50 bits per heavy atom. The molecule has 0 atom stereocenters. The van der Waals surface area contributed by atoms with E-state index in [1.807, 2.05) is 0 Å². The van der Waals surface area contributed by atoms with Crippen LogP contribution in [0, 0.1) is 0 Å². The normalized spacial score (nSPS) is 13.6. The van der Waals surface area contributed by atoms with Crippen molar-refractivity contribution in [2.24, 2.45) is 0 Å². The van der Waals surface area contributed by atoms with E-state index in [9.17, 15) is 9.59 Å². The van der Waals surface area contributed by atoms with Gasteiger partial charge in [0.1, 0.15) is 5.01 Å². The van der Waals surface area contributed by atoms with Crippen molar-refractivity contribution >= 4 is 51.5 Å². The maximum atomic E-state index is 11.8. The number of amides is 2. The first kappa shape index (κ1) is 17.1. The molecule has 3 rings (SSSR count). The number of hydrogen-bond acceptors (Lipinski definition) is 5. The third-order valence-electron chi connectivity index (χ3n) is 3.42. The van der Waals surface area contributed by atoms with Gasteiger partial charge in [-0.3, -0.25) is 14.9 Å². The fourth-order valence-corrected chi connectivity index (χ4v) is 3.57. The highest BCUT2D eigenvalue weighted by atomic mass is 35.5. The zero-order valence-electron chi connectivity index (χ0n) is 12.5. The van der Waals surface area contributed by atoms with Crippen molar-refractivity contribution in [2.75, 3.05) is 11.9 Å². The fraction of sp³-hybridized carbons (Fsp3) is 0.333. The van der Waals surface area contributed by atoms with Gasteiger partial charge in [-0.05, 0) is 43.0 Å². The van der Waals surface area contributed by atoms with E-state index in [1.54, 1.807) is 18.2 Å².